The molecule has 1 aliphatic rings. The Morgan fingerprint density at radius 3 is 2.62 bits per heavy atom. The molecule has 0 saturated carbocycles. The number of carbonyl (C=O) groups excluding carboxylic acids is 2. The Bertz CT molecular complexity index is 751. The first-order valence-electron chi connectivity index (χ1n) is 6.53. The molecule has 0 unspecified atom stereocenters. The fourth-order valence-corrected chi connectivity index (χ4v) is 2.28. The largest absolute Gasteiger partial charge is 0.352 e. The highest BCUT2D eigenvalue weighted by Crippen LogP contribution is 2.24. The molecule has 1 heterocycles. The molecule has 0 amide bonds. The Labute approximate surface area is 121 Å². The Morgan fingerprint density at radius 2 is 1.86 bits per heavy atom. The summed E-state index contributed by atoms with van der Waals surface area (Å²) in [5, 5.41) is 2.94. The number of anilines is 1. The van der Waals surface area contributed by atoms with Crippen LogP contribution in [-0.2, 0) is 11.2 Å². The lowest BCUT2D eigenvalue weighted by molar-refractivity contribution is -0.114. The molecular weight excluding hydrogens is 269 g/mol. The maximum atomic E-state index is 13.3. The van der Waals surface area contributed by atoms with Crippen molar-refractivity contribution < 1.29 is 14.0 Å². The maximum Gasteiger partial charge on any atom is 0.209 e. The van der Waals surface area contributed by atoms with Crippen LogP contribution in [0.2, 0.25) is 0 Å². The van der Waals surface area contributed by atoms with Crippen molar-refractivity contribution in [3.05, 3.63) is 77.2 Å². The standard InChI is InChI=1S/C17H12FNO2/c18-13-6-7-15-12(8-13)9-14(20)10-16(19-15)17(21)11-4-2-1-3-5-11/h1-8,10,19H,9H2. The van der Waals surface area contributed by atoms with Crippen LogP contribution in [0.4, 0.5) is 10.1 Å². The summed E-state index contributed by atoms with van der Waals surface area (Å²) in [4.78, 5) is 24.3. The van der Waals surface area contributed by atoms with Crippen LogP contribution in [0, 0.1) is 5.82 Å². The number of halogens is 1. The van der Waals surface area contributed by atoms with Gasteiger partial charge in [-0.15, -0.1) is 0 Å². The van der Waals surface area contributed by atoms with Crippen LogP contribution in [0.25, 0.3) is 0 Å². The minimum absolute atomic E-state index is 0.0751. The second-order valence-corrected chi connectivity index (χ2v) is 4.82. The lowest BCUT2D eigenvalue weighted by Gasteiger charge is -2.10. The van der Waals surface area contributed by atoms with Gasteiger partial charge in [0.1, 0.15) is 5.82 Å². The average Bonchev–Trinajstić information content (AvgIpc) is 2.65. The van der Waals surface area contributed by atoms with Crippen LogP contribution in [-0.4, -0.2) is 11.6 Å². The first-order valence-corrected chi connectivity index (χ1v) is 6.53. The van der Waals surface area contributed by atoms with Gasteiger partial charge in [0.05, 0.1) is 5.70 Å². The van der Waals surface area contributed by atoms with E-state index < -0.39 is 5.82 Å². The zero-order chi connectivity index (χ0) is 14.8. The Hall–Kier alpha value is -2.75. The van der Waals surface area contributed by atoms with E-state index in [2.05, 4.69) is 5.32 Å². The molecule has 3 nitrogen and oxygen atoms in total. The molecule has 4 heteroatoms. The number of hydrogen-bond acceptors (Lipinski definition) is 3. The van der Waals surface area contributed by atoms with Crippen LogP contribution >= 0.6 is 0 Å². The van der Waals surface area contributed by atoms with E-state index in [1.165, 1.54) is 24.3 Å². The Balaban J connectivity index is 1.98. The minimum atomic E-state index is -0.402. The van der Waals surface area contributed by atoms with Crippen molar-refractivity contribution >= 4 is 17.3 Å². The zero-order valence-corrected chi connectivity index (χ0v) is 11.1. The van der Waals surface area contributed by atoms with Gasteiger partial charge in [0.15, 0.2) is 5.78 Å². The lowest BCUT2D eigenvalue weighted by atomic mass is 10.1. The van der Waals surface area contributed by atoms with E-state index in [-0.39, 0.29) is 23.7 Å². The second kappa shape index (κ2) is 5.32. The summed E-state index contributed by atoms with van der Waals surface area (Å²) in [6.07, 6.45) is 1.36. The number of benzene rings is 2. The first-order chi connectivity index (χ1) is 10.1. The van der Waals surface area contributed by atoms with E-state index in [1.54, 1.807) is 24.3 Å². The molecule has 0 saturated heterocycles. The molecule has 0 bridgehead atoms. The summed E-state index contributed by atoms with van der Waals surface area (Å²) in [7, 11) is 0. The normalized spacial score (nSPS) is 13.8. The molecule has 104 valence electrons. The van der Waals surface area contributed by atoms with Gasteiger partial charge in [0.25, 0.3) is 0 Å². The fraction of sp³-hybridized carbons (Fsp3) is 0.0588. The van der Waals surface area contributed by atoms with Gasteiger partial charge < -0.3 is 5.32 Å². The Morgan fingerprint density at radius 1 is 1.10 bits per heavy atom. The number of allylic oxidation sites excluding steroid dienone is 2. The van der Waals surface area contributed by atoms with Gasteiger partial charge in [-0.1, -0.05) is 30.3 Å². The molecule has 3 rings (SSSR count). The molecule has 2 aromatic rings. The van der Waals surface area contributed by atoms with E-state index >= 15 is 0 Å². The van der Waals surface area contributed by atoms with Crippen molar-refractivity contribution in [3.8, 4) is 0 Å². The molecule has 0 aliphatic carbocycles. The molecule has 0 fully saturated rings. The molecule has 21 heavy (non-hydrogen) atoms. The quantitative estimate of drug-likeness (QED) is 0.860. The highest BCUT2D eigenvalue weighted by molar-refractivity contribution is 6.14. The van der Waals surface area contributed by atoms with E-state index in [0.717, 1.165) is 0 Å². The van der Waals surface area contributed by atoms with Gasteiger partial charge in [-0.2, -0.15) is 0 Å². The van der Waals surface area contributed by atoms with Gasteiger partial charge in [0, 0.05) is 23.7 Å². The molecule has 2 aromatic carbocycles. The van der Waals surface area contributed by atoms with Crippen molar-refractivity contribution in [2.24, 2.45) is 0 Å². The number of rotatable bonds is 2. The topological polar surface area (TPSA) is 46.2 Å². The number of ketones is 2. The van der Waals surface area contributed by atoms with Crippen molar-refractivity contribution in [2.45, 2.75) is 6.42 Å². The number of Topliss-reactive ketones (excluding diaryl/α,β-unsaturated/α-hetero) is 1. The van der Waals surface area contributed by atoms with Gasteiger partial charge >= 0.3 is 0 Å². The summed E-state index contributed by atoms with van der Waals surface area (Å²) in [6, 6.07) is 12.9. The third-order valence-electron chi connectivity index (χ3n) is 3.29. The monoisotopic (exact) mass is 281 g/mol. The van der Waals surface area contributed by atoms with Crippen molar-refractivity contribution in [1.29, 1.82) is 0 Å². The van der Waals surface area contributed by atoms with Crippen molar-refractivity contribution in [2.75, 3.05) is 5.32 Å². The summed E-state index contributed by atoms with van der Waals surface area (Å²) in [5.74, 6) is -0.895. The van der Waals surface area contributed by atoms with Gasteiger partial charge in [0.2, 0.25) is 5.78 Å². The van der Waals surface area contributed by atoms with Crippen LogP contribution in [0.5, 0.6) is 0 Å². The van der Waals surface area contributed by atoms with E-state index in [1.807, 2.05) is 6.07 Å². The van der Waals surface area contributed by atoms with Crippen LogP contribution < -0.4 is 5.32 Å². The lowest BCUT2D eigenvalue weighted by Crippen LogP contribution is -2.12. The fourth-order valence-electron chi connectivity index (χ4n) is 2.28. The summed E-state index contributed by atoms with van der Waals surface area (Å²) in [6.45, 7) is 0. The number of fused-ring (bicyclic) bond motifs is 1. The predicted molar refractivity (Wildman–Crippen MR) is 77.6 cm³/mol. The second-order valence-electron chi connectivity index (χ2n) is 4.82. The van der Waals surface area contributed by atoms with Crippen molar-refractivity contribution in [1.82, 2.24) is 0 Å². The van der Waals surface area contributed by atoms with E-state index in [4.69, 9.17) is 0 Å². The van der Waals surface area contributed by atoms with E-state index in [0.29, 0.717) is 16.8 Å². The van der Waals surface area contributed by atoms with Gasteiger partial charge in [-0.25, -0.2) is 4.39 Å². The SMILES string of the molecule is O=C1C=C(C(=O)c2ccccc2)Nc2ccc(F)cc2C1. The number of carbonyl (C=O) groups is 2. The minimum Gasteiger partial charge on any atom is -0.352 e. The molecule has 1 aliphatic heterocycles. The van der Waals surface area contributed by atoms with Gasteiger partial charge in [-0.05, 0) is 23.8 Å². The number of hydrogen-bond donors (Lipinski definition) is 1. The highest BCUT2D eigenvalue weighted by Gasteiger charge is 2.20. The summed E-state index contributed by atoms with van der Waals surface area (Å²) in [5.41, 5.74) is 1.83. The average molecular weight is 281 g/mol. The van der Waals surface area contributed by atoms with Crippen LogP contribution in [0.1, 0.15) is 15.9 Å². The molecule has 0 aromatic heterocycles. The third kappa shape index (κ3) is 2.74. The zero-order valence-electron chi connectivity index (χ0n) is 11.1. The van der Waals surface area contributed by atoms with Crippen molar-refractivity contribution in [3.63, 3.8) is 0 Å². The number of nitrogens with one attached hydrogen (secondary N) is 1. The van der Waals surface area contributed by atoms with E-state index in [9.17, 15) is 14.0 Å². The molecule has 0 atom stereocenters. The third-order valence-corrected chi connectivity index (χ3v) is 3.29. The molecule has 1 N–H and O–H groups in total. The van der Waals surface area contributed by atoms with Crippen LogP contribution in [0.15, 0.2) is 60.3 Å². The molecular formula is C17H12FNO2. The van der Waals surface area contributed by atoms with Gasteiger partial charge in [-0.3, -0.25) is 9.59 Å². The molecule has 0 spiro atoms. The van der Waals surface area contributed by atoms with Crippen LogP contribution in [0.3, 0.4) is 0 Å². The molecule has 0 radical (unpaired) electrons. The Kier molecular flexibility index (Phi) is 3.36. The highest BCUT2D eigenvalue weighted by atomic mass is 19.1. The maximum absolute atomic E-state index is 13.3. The summed E-state index contributed by atoms with van der Waals surface area (Å²) >= 11 is 0. The smallest absolute Gasteiger partial charge is 0.209 e. The predicted octanol–water partition coefficient (Wildman–Crippen LogP) is 3.13. The first kappa shape index (κ1) is 13.2. The summed E-state index contributed by atoms with van der Waals surface area (Å²) < 4.78 is 13.3.